The predicted molar refractivity (Wildman–Crippen MR) is 90.2 cm³/mol. The largest absolute Gasteiger partial charge is 0.444 e. The molecule has 24 heavy (non-hydrogen) atoms. The van der Waals surface area contributed by atoms with Gasteiger partial charge >= 0.3 is 6.09 Å². The Hall–Kier alpha value is -1.66. The summed E-state index contributed by atoms with van der Waals surface area (Å²) in [6.07, 6.45) is 0.687. The Bertz CT molecular complexity index is 534. The Labute approximate surface area is 142 Å². The van der Waals surface area contributed by atoms with Crippen molar-refractivity contribution >= 4 is 6.09 Å². The number of hydrogen-bond acceptors (Lipinski definition) is 4. The Morgan fingerprint density at radius 2 is 1.92 bits per heavy atom. The number of ether oxygens (including phenoxy) is 1. The van der Waals surface area contributed by atoms with Crippen molar-refractivity contribution in [2.75, 3.05) is 19.6 Å². The number of halogens is 1. The van der Waals surface area contributed by atoms with Crippen LogP contribution in [0.1, 0.15) is 45.3 Å². The van der Waals surface area contributed by atoms with Crippen molar-refractivity contribution in [3.05, 3.63) is 35.6 Å². The fraction of sp³-hybridized carbons (Fsp3) is 0.611. The second kappa shape index (κ2) is 7.94. The third-order valence-corrected chi connectivity index (χ3v) is 4.00. The first kappa shape index (κ1) is 18.7. The van der Waals surface area contributed by atoms with Crippen molar-refractivity contribution in [2.45, 2.75) is 51.4 Å². The molecule has 1 aromatic rings. The number of aliphatic hydroxyl groups is 1. The van der Waals surface area contributed by atoms with Gasteiger partial charge in [-0.05, 0) is 51.3 Å². The molecule has 1 fully saturated rings. The third kappa shape index (κ3) is 5.76. The van der Waals surface area contributed by atoms with Crippen LogP contribution < -0.4 is 5.32 Å². The number of amides is 1. The van der Waals surface area contributed by atoms with E-state index in [9.17, 15) is 14.3 Å². The van der Waals surface area contributed by atoms with Gasteiger partial charge < -0.3 is 20.1 Å². The number of hydrogen-bond donors (Lipinski definition) is 2. The summed E-state index contributed by atoms with van der Waals surface area (Å²) >= 11 is 0. The van der Waals surface area contributed by atoms with Gasteiger partial charge in [0, 0.05) is 25.7 Å². The predicted octanol–water partition coefficient (Wildman–Crippen LogP) is 2.85. The molecule has 1 aliphatic rings. The molecule has 2 rings (SSSR count). The van der Waals surface area contributed by atoms with Gasteiger partial charge in [0.2, 0.25) is 0 Å². The fourth-order valence-corrected chi connectivity index (χ4v) is 2.67. The van der Waals surface area contributed by atoms with E-state index in [1.807, 2.05) is 20.8 Å². The highest BCUT2D eigenvalue weighted by Gasteiger charge is 2.26. The van der Waals surface area contributed by atoms with E-state index in [2.05, 4.69) is 5.32 Å². The van der Waals surface area contributed by atoms with Crippen LogP contribution in [-0.4, -0.2) is 47.4 Å². The molecule has 6 heteroatoms. The maximum Gasteiger partial charge on any atom is 0.410 e. The van der Waals surface area contributed by atoms with E-state index in [0.29, 0.717) is 25.2 Å². The van der Waals surface area contributed by atoms with E-state index >= 15 is 0 Å². The molecule has 1 aliphatic heterocycles. The van der Waals surface area contributed by atoms with Gasteiger partial charge in [-0.3, -0.25) is 0 Å². The summed E-state index contributed by atoms with van der Waals surface area (Å²) in [7, 11) is 0. The molecule has 1 unspecified atom stereocenters. The smallest absolute Gasteiger partial charge is 0.410 e. The molecule has 2 N–H and O–H groups in total. The van der Waals surface area contributed by atoms with Gasteiger partial charge in [0.15, 0.2) is 0 Å². The molecular weight excluding hydrogens is 311 g/mol. The van der Waals surface area contributed by atoms with Crippen LogP contribution in [-0.2, 0) is 4.74 Å². The molecule has 0 radical (unpaired) electrons. The lowest BCUT2D eigenvalue weighted by molar-refractivity contribution is 0.0194. The molecule has 0 aromatic heterocycles. The first-order valence-electron chi connectivity index (χ1n) is 8.39. The third-order valence-electron chi connectivity index (χ3n) is 4.00. The number of nitrogens with zero attached hydrogens (tertiary/aromatic N) is 1. The SMILES string of the molecule is CC(C)(C)OC(=O)N1CCC(NCC(O)c2ccc(F)cc2)CC1. The minimum absolute atomic E-state index is 0.249. The molecule has 1 atom stereocenters. The van der Waals surface area contributed by atoms with Gasteiger partial charge in [-0.1, -0.05) is 12.1 Å². The zero-order valence-electron chi connectivity index (χ0n) is 14.6. The summed E-state index contributed by atoms with van der Waals surface area (Å²) in [5.41, 5.74) is 0.209. The topological polar surface area (TPSA) is 61.8 Å². The minimum atomic E-state index is -0.672. The van der Waals surface area contributed by atoms with Crippen molar-refractivity contribution < 1.29 is 19.0 Å². The Morgan fingerprint density at radius 3 is 2.46 bits per heavy atom. The van der Waals surface area contributed by atoms with E-state index in [1.165, 1.54) is 12.1 Å². The molecule has 1 saturated heterocycles. The summed E-state index contributed by atoms with van der Waals surface area (Å²) in [5, 5.41) is 13.5. The number of aliphatic hydroxyl groups excluding tert-OH is 1. The van der Waals surface area contributed by atoms with Crippen LogP contribution in [0.15, 0.2) is 24.3 Å². The summed E-state index contributed by atoms with van der Waals surface area (Å²) in [5.74, 6) is -0.312. The number of piperidine rings is 1. The number of nitrogens with one attached hydrogen (secondary N) is 1. The Morgan fingerprint density at radius 1 is 1.33 bits per heavy atom. The van der Waals surface area contributed by atoms with E-state index in [-0.39, 0.29) is 18.0 Å². The zero-order valence-corrected chi connectivity index (χ0v) is 14.6. The lowest BCUT2D eigenvalue weighted by Crippen LogP contribution is -2.47. The van der Waals surface area contributed by atoms with Crippen molar-refractivity contribution in [2.24, 2.45) is 0 Å². The normalized spacial score (nSPS) is 17.6. The lowest BCUT2D eigenvalue weighted by Gasteiger charge is -2.34. The minimum Gasteiger partial charge on any atom is -0.444 e. The van der Waals surface area contributed by atoms with Crippen LogP contribution in [0.25, 0.3) is 0 Å². The molecule has 0 bridgehead atoms. The monoisotopic (exact) mass is 338 g/mol. The molecule has 0 spiro atoms. The van der Waals surface area contributed by atoms with Crippen molar-refractivity contribution in [1.82, 2.24) is 10.2 Å². The number of likely N-dealkylation sites (tertiary alicyclic amines) is 1. The number of carbonyl (C=O) groups is 1. The van der Waals surface area contributed by atoms with Gasteiger partial charge in [-0.15, -0.1) is 0 Å². The fourth-order valence-electron chi connectivity index (χ4n) is 2.67. The summed E-state index contributed by atoms with van der Waals surface area (Å²) < 4.78 is 18.3. The van der Waals surface area contributed by atoms with Gasteiger partial charge in [-0.2, -0.15) is 0 Å². The van der Waals surface area contributed by atoms with Crippen LogP contribution >= 0.6 is 0 Å². The zero-order chi connectivity index (χ0) is 17.7. The van der Waals surface area contributed by atoms with Crippen LogP contribution in [0.3, 0.4) is 0 Å². The molecular formula is C18H27FN2O3. The highest BCUT2D eigenvalue weighted by molar-refractivity contribution is 5.68. The van der Waals surface area contributed by atoms with Gasteiger partial charge in [0.1, 0.15) is 11.4 Å². The lowest BCUT2D eigenvalue weighted by atomic mass is 10.0. The van der Waals surface area contributed by atoms with Crippen molar-refractivity contribution in [3.63, 3.8) is 0 Å². The van der Waals surface area contributed by atoms with Crippen LogP contribution in [0, 0.1) is 5.82 Å². The molecule has 134 valence electrons. The molecule has 1 aromatic carbocycles. The average Bonchev–Trinajstić information content (AvgIpc) is 2.52. The first-order valence-corrected chi connectivity index (χ1v) is 8.39. The second-order valence-corrected chi connectivity index (χ2v) is 7.22. The van der Waals surface area contributed by atoms with Crippen molar-refractivity contribution in [1.29, 1.82) is 0 Å². The van der Waals surface area contributed by atoms with E-state index in [4.69, 9.17) is 4.74 Å². The van der Waals surface area contributed by atoms with E-state index in [0.717, 1.165) is 12.8 Å². The van der Waals surface area contributed by atoms with E-state index in [1.54, 1.807) is 17.0 Å². The molecule has 0 aliphatic carbocycles. The van der Waals surface area contributed by atoms with Gasteiger partial charge in [0.25, 0.3) is 0 Å². The summed E-state index contributed by atoms with van der Waals surface area (Å²) in [6, 6.07) is 6.12. The molecule has 0 saturated carbocycles. The van der Waals surface area contributed by atoms with Crippen LogP contribution in [0.4, 0.5) is 9.18 Å². The molecule has 1 amide bonds. The van der Waals surface area contributed by atoms with Crippen LogP contribution in [0.2, 0.25) is 0 Å². The van der Waals surface area contributed by atoms with Gasteiger partial charge in [0.05, 0.1) is 6.10 Å². The Kier molecular flexibility index (Phi) is 6.18. The van der Waals surface area contributed by atoms with Gasteiger partial charge in [-0.25, -0.2) is 9.18 Å². The Balaban J connectivity index is 1.73. The maximum atomic E-state index is 12.9. The van der Waals surface area contributed by atoms with E-state index < -0.39 is 11.7 Å². The number of rotatable bonds is 4. The highest BCUT2D eigenvalue weighted by atomic mass is 19.1. The number of benzene rings is 1. The number of carbonyl (C=O) groups excluding carboxylic acids is 1. The average molecular weight is 338 g/mol. The van der Waals surface area contributed by atoms with Crippen LogP contribution in [0.5, 0.6) is 0 Å². The summed E-state index contributed by atoms with van der Waals surface area (Å²) in [4.78, 5) is 13.7. The second-order valence-electron chi connectivity index (χ2n) is 7.22. The summed E-state index contributed by atoms with van der Waals surface area (Å²) in [6.45, 7) is 7.25. The maximum absolute atomic E-state index is 12.9. The van der Waals surface area contributed by atoms with Crippen molar-refractivity contribution in [3.8, 4) is 0 Å². The highest BCUT2D eigenvalue weighted by Crippen LogP contribution is 2.17. The first-order chi connectivity index (χ1) is 11.2. The molecule has 1 heterocycles. The standard InChI is InChI=1S/C18H27FN2O3/c1-18(2,3)24-17(23)21-10-8-15(9-11-21)20-12-16(22)13-4-6-14(19)7-5-13/h4-7,15-16,20,22H,8-12H2,1-3H3. The molecule has 5 nitrogen and oxygen atoms in total. The quantitative estimate of drug-likeness (QED) is 0.886.